The highest BCUT2D eigenvalue weighted by atomic mass is 32.1. The Morgan fingerprint density at radius 2 is 2.14 bits per heavy atom. The molecule has 0 spiro atoms. The SMILES string of the molecule is O=C(NCC1CCN(c2ccc(F)cc2)C1)c1cccs1. The van der Waals surface area contributed by atoms with Crippen LogP contribution in [0.1, 0.15) is 16.1 Å². The molecule has 21 heavy (non-hydrogen) atoms. The number of nitrogens with zero attached hydrogens (tertiary/aromatic N) is 1. The van der Waals surface area contributed by atoms with Crippen molar-refractivity contribution in [2.45, 2.75) is 6.42 Å². The van der Waals surface area contributed by atoms with Gasteiger partial charge in [0.15, 0.2) is 0 Å². The molecule has 1 fully saturated rings. The summed E-state index contributed by atoms with van der Waals surface area (Å²) in [4.78, 5) is 14.9. The predicted molar refractivity (Wildman–Crippen MR) is 83.4 cm³/mol. The highest BCUT2D eigenvalue weighted by Gasteiger charge is 2.23. The molecule has 1 aliphatic heterocycles. The first kappa shape index (κ1) is 14.1. The Morgan fingerprint density at radius 3 is 2.86 bits per heavy atom. The molecular formula is C16H17FN2OS. The summed E-state index contributed by atoms with van der Waals surface area (Å²) in [5.41, 5.74) is 1.04. The third kappa shape index (κ3) is 3.42. The van der Waals surface area contributed by atoms with Crippen molar-refractivity contribution in [2.24, 2.45) is 5.92 Å². The second-order valence-electron chi connectivity index (χ2n) is 5.26. The number of halogens is 1. The van der Waals surface area contributed by atoms with Crippen molar-refractivity contribution in [2.75, 3.05) is 24.5 Å². The van der Waals surface area contributed by atoms with Crippen molar-refractivity contribution in [3.05, 3.63) is 52.5 Å². The fraction of sp³-hybridized carbons (Fsp3) is 0.312. The fourth-order valence-electron chi connectivity index (χ4n) is 2.62. The van der Waals surface area contributed by atoms with Gasteiger partial charge in [-0.1, -0.05) is 6.07 Å². The molecule has 1 unspecified atom stereocenters. The monoisotopic (exact) mass is 304 g/mol. The van der Waals surface area contributed by atoms with Crippen molar-refractivity contribution < 1.29 is 9.18 Å². The number of amides is 1. The molecule has 1 aromatic carbocycles. The molecule has 0 bridgehead atoms. The zero-order chi connectivity index (χ0) is 14.7. The summed E-state index contributed by atoms with van der Waals surface area (Å²) < 4.78 is 12.9. The minimum absolute atomic E-state index is 0.00484. The van der Waals surface area contributed by atoms with Gasteiger partial charge in [-0.2, -0.15) is 0 Å². The lowest BCUT2D eigenvalue weighted by molar-refractivity contribution is 0.0952. The van der Waals surface area contributed by atoms with Crippen LogP contribution in [0.25, 0.3) is 0 Å². The summed E-state index contributed by atoms with van der Waals surface area (Å²) in [7, 11) is 0. The van der Waals surface area contributed by atoms with Gasteiger partial charge in [0.25, 0.3) is 5.91 Å². The second kappa shape index (κ2) is 6.26. The minimum Gasteiger partial charge on any atom is -0.371 e. The van der Waals surface area contributed by atoms with E-state index in [1.807, 2.05) is 29.6 Å². The highest BCUT2D eigenvalue weighted by molar-refractivity contribution is 7.12. The van der Waals surface area contributed by atoms with Crippen molar-refractivity contribution in [3.8, 4) is 0 Å². The number of benzene rings is 1. The molecule has 5 heteroatoms. The first-order valence-corrected chi connectivity index (χ1v) is 7.92. The second-order valence-corrected chi connectivity index (χ2v) is 6.21. The van der Waals surface area contributed by atoms with Crippen LogP contribution in [-0.2, 0) is 0 Å². The van der Waals surface area contributed by atoms with Crippen LogP contribution in [0.5, 0.6) is 0 Å². The van der Waals surface area contributed by atoms with Crippen LogP contribution in [0, 0.1) is 11.7 Å². The summed E-state index contributed by atoms with van der Waals surface area (Å²) in [6, 6.07) is 10.3. The van der Waals surface area contributed by atoms with E-state index in [4.69, 9.17) is 0 Å². The Kier molecular flexibility index (Phi) is 4.20. The van der Waals surface area contributed by atoms with Crippen LogP contribution in [0.15, 0.2) is 41.8 Å². The largest absolute Gasteiger partial charge is 0.371 e. The normalized spacial score (nSPS) is 18.0. The lowest BCUT2D eigenvalue weighted by atomic mass is 10.1. The molecule has 110 valence electrons. The van der Waals surface area contributed by atoms with Gasteiger partial charge in [0, 0.05) is 25.3 Å². The molecule has 3 rings (SSSR count). The van der Waals surface area contributed by atoms with E-state index < -0.39 is 0 Å². The summed E-state index contributed by atoms with van der Waals surface area (Å²) in [6.07, 6.45) is 1.04. The zero-order valence-corrected chi connectivity index (χ0v) is 12.4. The number of hydrogen-bond donors (Lipinski definition) is 1. The molecule has 0 radical (unpaired) electrons. The molecule has 1 amide bonds. The number of carbonyl (C=O) groups is 1. The van der Waals surface area contributed by atoms with E-state index in [1.165, 1.54) is 23.5 Å². The smallest absolute Gasteiger partial charge is 0.261 e. The van der Waals surface area contributed by atoms with Gasteiger partial charge in [0.2, 0.25) is 0 Å². The average Bonchev–Trinajstić information content (AvgIpc) is 3.17. The lowest BCUT2D eigenvalue weighted by Crippen LogP contribution is -2.30. The average molecular weight is 304 g/mol. The van der Waals surface area contributed by atoms with E-state index in [2.05, 4.69) is 10.2 Å². The van der Waals surface area contributed by atoms with Crippen LogP contribution in [-0.4, -0.2) is 25.5 Å². The Morgan fingerprint density at radius 1 is 1.33 bits per heavy atom. The third-order valence-corrected chi connectivity index (χ3v) is 4.64. The number of nitrogens with one attached hydrogen (secondary N) is 1. The number of anilines is 1. The molecule has 1 atom stereocenters. The van der Waals surface area contributed by atoms with Crippen molar-refractivity contribution in [1.82, 2.24) is 5.32 Å². The van der Waals surface area contributed by atoms with Gasteiger partial charge in [-0.15, -0.1) is 11.3 Å². The molecule has 0 aliphatic carbocycles. The maximum absolute atomic E-state index is 12.9. The Labute approximate surface area is 127 Å². The van der Waals surface area contributed by atoms with Crippen molar-refractivity contribution >= 4 is 22.9 Å². The van der Waals surface area contributed by atoms with Crippen LogP contribution in [0.3, 0.4) is 0 Å². The van der Waals surface area contributed by atoms with E-state index in [1.54, 1.807) is 0 Å². The number of thiophene rings is 1. The zero-order valence-electron chi connectivity index (χ0n) is 11.6. The van der Waals surface area contributed by atoms with E-state index in [9.17, 15) is 9.18 Å². The van der Waals surface area contributed by atoms with Crippen LogP contribution >= 0.6 is 11.3 Å². The van der Waals surface area contributed by atoms with E-state index in [0.717, 1.165) is 30.1 Å². The predicted octanol–water partition coefficient (Wildman–Crippen LogP) is 3.14. The minimum atomic E-state index is -0.210. The molecule has 2 aromatic rings. The fourth-order valence-corrected chi connectivity index (χ4v) is 3.26. The van der Waals surface area contributed by atoms with E-state index >= 15 is 0 Å². The highest BCUT2D eigenvalue weighted by Crippen LogP contribution is 2.23. The van der Waals surface area contributed by atoms with Crippen LogP contribution < -0.4 is 10.2 Å². The molecule has 3 nitrogen and oxygen atoms in total. The standard InChI is InChI=1S/C16H17FN2OS/c17-13-3-5-14(6-4-13)19-8-7-12(11-19)10-18-16(20)15-2-1-9-21-15/h1-6,9,12H,7-8,10-11H2,(H,18,20). The third-order valence-electron chi connectivity index (χ3n) is 3.77. The van der Waals surface area contributed by atoms with Crippen molar-refractivity contribution in [1.29, 1.82) is 0 Å². The Bertz CT molecular complexity index is 597. The Hall–Kier alpha value is -1.88. The van der Waals surface area contributed by atoms with Gasteiger partial charge >= 0.3 is 0 Å². The molecule has 0 saturated carbocycles. The maximum atomic E-state index is 12.9. The van der Waals surface area contributed by atoms with Gasteiger partial charge < -0.3 is 10.2 Å². The first-order chi connectivity index (χ1) is 10.2. The molecule has 1 saturated heterocycles. The molecule has 2 heterocycles. The summed E-state index contributed by atoms with van der Waals surface area (Å²) in [5.74, 6) is 0.238. The number of rotatable bonds is 4. The quantitative estimate of drug-likeness (QED) is 0.941. The van der Waals surface area contributed by atoms with Gasteiger partial charge in [0.05, 0.1) is 4.88 Å². The summed E-state index contributed by atoms with van der Waals surface area (Å²) in [6.45, 7) is 2.54. The van der Waals surface area contributed by atoms with Gasteiger partial charge in [-0.25, -0.2) is 4.39 Å². The molecule has 1 aromatic heterocycles. The van der Waals surface area contributed by atoms with Gasteiger partial charge in [-0.3, -0.25) is 4.79 Å². The lowest BCUT2D eigenvalue weighted by Gasteiger charge is -2.18. The van der Waals surface area contributed by atoms with Gasteiger partial charge in [0.1, 0.15) is 5.82 Å². The van der Waals surface area contributed by atoms with E-state index in [0.29, 0.717) is 12.5 Å². The Balaban J connectivity index is 1.51. The van der Waals surface area contributed by atoms with Crippen LogP contribution in [0.2, 0.25) is 0 Å². The first-order valence-electron chi connectivity index (χ1n) is 7.04. The topological polar surface area (TPSA) is 32.3 Å². The summed E-state index contributed by atoms with van der Waals surface area (Å²) in [5, 5.41) is 4.90. The van der Waals surface area contributed by atoms with Crippen LogP contribution in [0.4, 0.5) is 10.1 Å². The van der Waals surface area contributed by atoms with E-state index in [-0.39, 0.29) is 11.7 Å². The number of hydrogen-bond acceptors (Lipinski definition) is 3. The molecule has 1 aliphatic rings. The molecule has 1 N–H and O–H groups in total. The maximum Gasteiger partial charge on any atom is 0.261 e. The van der Waals surface area contributed by atoms with Gasteiger partial charge in [-0.05, 0) is 48.1 Å². The van der Waals surface area contributed by atoms with Crippen molar-refractivity contribution in [3.63, 3.8) is 0 Å². The number of carbonyl (C=O) groups excluding carboxylic acids is 1. The summed E-state index contributed by atoms with van der Waals surface area (Å²) >= 11 is 1.45. The molecular weight excluding hydrogens is 287 g/mol.